The second-order valence-corrected chi connectivity index (χ2v) is 5.34. The van der Waals surface area contributed by atoms with Crippen LogP contribution >= 0.6 is 11.6 Å². The van der Waals surface area contributed by atoms with E-state index in [2.05, 4.69) is 9.97 Å². The number of para-hydroxylation sites is 1. The number of aromatic carboxylic acids is 1. The van der Waals surface area contributed by atoms with Crippen LogP contribution in [0.25, 0.3) is 22.3 Å². The highest BCUT2D eigenvalue weighted by molar-refractivity contribution is 6.35. The van der Waals surface area contributed by atoms with E-state index in [4.69, 9.17) is 21.4 Å². The summed E-state index contributed by atoms with van der Waals surface area (Å²) in [4.78, 5) is 20.1. The maximum Gasteiger partial charge on any atom is 0.355 e. The Balaban J connectivity index is 2.09. The van der Waals surface area contributed by atoms with Crippen molar-refractivity contribution in [3.8, 4) is 17.1 Å². The van der Waals surface area contributed by atoms with Gasteiger partial charge in [-0.05, 0) is 30.3 Å². The summed E-state index contributed by atoms with van der Waals surface area (Å²) in [5.41, 5.74) is 0.927. The number of ether oxygens (including phenoxy) is 1. The van der Waals surface area contributed by atoms with E-state index in [0.29, 0.717) is 27.2 Å². The number of rotatable bonds is 5. The molecule has 1 aromatic heterocycles. The number of carboxylic acid groups (broad SMARTS) is 1. The summed E-state index contributed by atoms with van der Waals surface area (Å²) in [6.45, 7) is 0.126. The maximum atomic E-state index is 11.5. The molecule has 3 aromatic rings. The highest BCUT2D eigenvalue weighted by Crippen LogP contribution is 2.27. The lowest BCUT2D eigenvalue weighted by Crippen LogP contribution is -2.05. The fourth-order valence-corrected chi connectivity index (χ4v) is 2.49. The molecule has 122 valence electrons. The van der Waals surface area contributed by atoms with Gasteiger partial charge in [0.05, 0.1) is 17.1 Å². The van der Waals surface area contributed by atoms with Crippen LogP contribution in [-0.4, -0.2) is 39.4 Å². The number of hydrogen-bond donors (Lipinski definition) is 2. The van der Waals surface area contributed by atoms with Crippen molar-refractivity contribution in [1.29, 1.82) is 0 Å². The Morgan fingerprint density at radius 1 is 1.12 bits per heavy atom. The molecule has 2 N–H and O–H groups in total. The fraction of sp³-hybridized carbons (Fsp3) is 0.118. The molecule has 7 heteroatoms. The third-order valence-corrected chi connectivity index (χ3v) is 3.66. The van der Waals surface area contributed by atoms with Crippen LogP contribution in [0.4, 0.5) is 0 Å². The summed E-state index contributed by atoms with van der Waals surface area (Å²) in [5.74, 6) is -0.291. The Hall–Kier alpha value is -2.70. The number of carbonyl (C=O) groups is 1. The maximum absolute atomic E-state index is 11.5. The molecule has 0 aliphatic carbocycles. The van der Waals surface area contributed by atoms with E-state index in [1.54, 1.807) is 42.5 Å². The van der Waals surface area contributed by atoms with E-state index in [9.17, 15) is 9.90 Å². The van der Waals surface area contributed by atoms with Crippen molar-refractivity contribution < 1.29 is 19.7 Å². The number of benzene rings is 2. The van der Waals surface area contributed by atoms with Gasteiger partial charge in [-0.2, -0.15) is 0 Å². The van der Waals surface area contributed by atoms with Gasteiger partial charge >= 0.3 is 5.97 Å². The molecule has 0 spiro atoms. The number of hydrogen-bond acceptors (Lipinski definition) is 5. The summed E-state index contributed by atoms with van der Waals surface area (Å²) in [5, 5.41) is 18.9. The van der Waals surface area contributed by atoms with Crippen LogP contribution in [0.15, 0.2) is 42.5 Å². The van der Waals surface area contributed by atoms with Gasteiger partial charge in [0, 0.05) is 10.9 Å². The molecular formula is C17H13ClN2O4. The van der Waals surface area contributed by atoms with Crippen molar-refractivity contribution >= 4 is 28.5 Å². The van der Waals surface area contributed by atoms with Gasteiger partial charge < -0.3 is 14.9 Å². The van der Waals surface area contributed by atoms with E-state index >= 15 is 0 Å². The molecule has 0 saturated heterocycles. The first-order valence-electron chi connectivity index (χ1n) is 7.14. The summed E-state index contributed by atoms with van der Waals surface area (Å²) >= 11 is 6.15. The number of aliphatic hydroxyl groups is 1. The number of halogens is 1. The molecule has 2 aromatic carbocycles. The molecule has 0 radical (unpaired) electrons. The van der Waals surface area contributed by atoms with Crippen molar-refractivity contribution in [2.24, 2.45) is 0 Å². The normalized spacial score (nSPS) is 10.8. The van der Waals surface area contributed by atoms with Crippen molar-refractivity contribution in [2.45, 2.75) is 0 Å². The van der Waals surface area contributed by atoms with Gasteiger partial charge in [-0.25, -0.2) is 14.8 Å². The van der Waals surface area contributed by atoms with Crippen LogP contribution in [0.5, 0.6) is 5.75 Å². The Morgan fingerprint density at radius 3 is 2.54 bits per heavy atom. The molecular weight excluding hydrogens is 332 g/mol. The monoisotopic (exact) mass is 344 g/mol. The van der Waals surface area contributed by atoms with E-state index in [1.807, 2.05) is 0 Å². The topological polar surface area (TPSA) is 92.5 Å². The predicted octanol–water partition coefficient (Wildman–Crippen LogP) is 3.02. The first kappa shape index (κ1) is 16.2. The molecule has 0 fully saturated rings. The first-order valence-corrected chi connectivity index (χ1v) is 7.51. The molecule has 3 rings (SSSR count). The van der Waals surface area contributed by atoms with E-state index in [-0.39, 0.29) is 24.7 Å². The minimum atomic E-state index is -1.14. The summed E-state index contributed by atoms with van der Waals surface area (Å²) < 4.78 is 5.29. The van der Waals surface area contributed by atoms with Gasteiger partial charge in [0.2, 0.25) is 0 Å². The van der Waals surface area contributed by atoms with Gasteiger partial charge in [0.1, 0.15) is 12.4 Å². The Labute approximate surface area is 142 Å². The van der Waals surface area contributed by atoms with Crippen molar-refractivity contribution in [3.63, 3.8) is 0 Å². The molecule has 1 heterocycles. The molecule has 6 nitrogen and oxygen atoms in total. The third kappa shape index (κ3) is 3.15. The average molecular weight is 345 g/mol. The van der Waals surface area contributed by atoms with Gasteiger partial charge in [-0.3, -0.25) is 0 Å². The van der Waals surface area contributed by atoms with Crippen LogP contribution in [0.2, 0.25) is 5.02 Å². The average Bonchev–Trinajstić information content (AvgIpc) is 2.60. The lowest BCUT2D eigenvalue weighted by Gasteiger charge is -2.08. The summed E-state index contributed by atoms with van der Waals surface area (Å²) in [7, 11) is 0. The molecule has 0 aliphatic rings. The summed E-state index contributed by atoms with van der Waals surface area (Å²) in [6.07, 6.45) is 0. The van der Waals surface area contributed by atoms with Crippen molar-refractivity contribution in [3.05, 3.63) is 53.2 Å². The number of nitrogens with zero attached hydrogens (tertiary/aromatic N) is 2. The van der Waals surface area contributed by atoms with Crippen LogP contribution in [-0.2, 0) is 0 Å². The molecule has 24 heavy (non-hydrogen) atoms. The Morgan fingerprint density at radius 2 is 1.88 bits per heavy atom. The predicted molar refractivity (Wildman–Crippen MR) is 89.5 cm³/mol. The molecule has 0 saturated carbocycles. The fourth-order valence-electron chi connectivity index (χ4n) is 2.27. The smallest absolute Gasteiger partial charge is 0.355 e. The van der Waals surface area contributed by atoms with E-state index in [1.165, 1.54) is 0 Å². The van der Waals surface area contributed by atoms with E-state index in [0.717, 1.165) is 0 Å². The number of fused-ring (bicyclic) bond motifs is 1. The van der Waals surface area contributed by atoms with Gasteiger partial charge in [0.15, 0.2) is 11.5 Å². The van der Waals surface area contributed by atoms with Crippen molar-refractivity contribution in [1.82, 2.24) is 9.97 Å². The highest BCUT2D eigenvalue weighted by atomic mass is 35.5. The largest absolute Gasteiger partial charge is 0.491 e. The zero-order chi connectivity index (χ0) is 17.1. The quantitative estimate of drug-likeness (QED) is 0.739. The Kier molecular flexibility index (Phi) is 4.59. The zero-order valence-electron chi connectivity index (χ0n) is 12.4. The van der Waals surface area contributed by atoms with Gasteiger partial charge in [-0.15, -0.1) is 0 Å². The minimum Gasteiger partial charge on any atom is -0.491 e. The molecule has 0 aliphatic heterocycles. The second-order valence-electron chi connectivity index (χ2n) is 4.93. The molecule has 0 amide bonds. The lowest BCUT2D eigenvalue weighted by molar-refractivity contribution is 0.0693. The van der Waals surface area contributed by atoms with Crippen LogP contribution in [0, 0.1) is 0 Å². The van der Waals surface area contributed by atoms with Gasteiger partial charge in [-0.1, -0.05) is 23.7 Å². The molecule has 0 atom stereocenters. The second kappa shape index (κ2) is 6.82. The Bertz CT molecular complexity index is 897. The zero-order valence-corrected chi connectivity index (χ0v) is 13.2. The third-order valence-electron chi connectivity index (χ3n) is 3.35. The van der Waals surface area contributed by atoms with E-state index < -0.39 is 5.97 Å². The standard InChI is InChI=1S/C17H13ClN2O4/c18-13-3-1-2-12-14(13)19-16(20-15(12)17(22)23)10-4-6-11(7-5-10)24-9-8-21/h1-7,21H,8-9H2,(H,22,23). The lowest BCUT2D eigenvalue weighted by atomic mass is 10.1. The molecule has 0 bridgehead atoms. The number of aliphatic hydroxyl groups excluding tert-OH is 1. The number of carboxylic acids is 1. The highest BCUT2D eigenvalue weighted by Gasteiger charge is 2.16. The number of aromatic nitrogens is 2. The van der Waals surface area contributed by atoms with Gasteiger partial charge in [0.25, 0.3) is 0 Å². The summed E-state index contributed by atoms with van der Waals surface area (Å²) in [6, 6.07) is 11.8. The first-order chi connectivity index (χ1) is 11.6. The SMILES string of the molecule is O=C(O)c1nc(-c2ccc(OCCO)cc2)nc2c(Cl)cccc12. The van der Waals surface area contributed by atoms with Crippen LogP contribution in [0.1, 0.15) is 10.5 Å². The minimum absolute atomic E-state index is 0.0734. The van der Waals surface area contributed by atoms with Crippen molar-refractivity contribution in [2.75, 3.05) is 13.2 Å². The van der Waals surface area contributed by atoms with Crippen LogP contribution < -0.4 is 4.74 Å². The molecule has 0 unspecified atom stereocenters. The van der Waals surface area contributed by atoms with Crippen LogP contribution in [0.3, 0.4) is 0 Å².